The summed E-state index contributed by atoms with van der Waals surface area (Å²) in [5.41, 5.74) is 0. The van der Waals surface area contributed by atoms with E-state index in [0.29, 0.717) is 19.5 Å². The topological polar surface area (TPSA) is 58.2 Å². The molecule has 0 bridgehead atoms. The van der Waals surface area contributed by atoms with Gasteiger partial charge in [0, 0.05) is 24.8 Å². The van der Waals surface area contributed by atoms with Crippen molar-refractivity contribution < 1.29 is 9.59 Å². The van der Waals surface area contributed by atoms with Gasteiger partial charge in [-0.1, -0.05) is 6.07 Å². The molecule has 0 atom stereocenters. The van der Waals surface area contributed by atoms with Crippen LogP contribution in [0, 0.1) is 0 Å². The Morgan fingerprint density at radius 3 is 2.80 bits per heavy atom. The molecule has 0 spiro atoms. The number of nitrogens with one attached hydrogen (secondary N) is 2. The van der Waals surface area contributed by atoms with Crippen LogP contribution in [0.5, 0.6) is 0 Å². The van der Waals surface area contributed by atoms with Gasteiger partial charge in [-0.05, 0) is 11.4 Å². The van der Waals surface area contributed by atoms with Crippen LogP contribution in [0.4, 0.5) is 0 Å². The van der Waals surface area contributed by atoms with Gasteiger partial charge in [-0.15, -0.1) is 11.3 Å². The van der Waals surface area contributed by atoms with Crippen LogP contribution < -0.4 is 10.6 Å². The van der Waals surface area contributed by atoms with Crippen LogP contribution >= 0.6 is 11.3 Å². The predicted octanol–water partition coefficient (Wildman–Crippen LogP) is 0.890. The lowest BCUT2D eigenvalue weighted by molar-refractivity contribution is -0.121. The number of hydrogen-bond acceptors (Lipinski definition) is 3. The third-order valence-corrected chi connectivity index (χ3v) is 2.64. The molecule has 0 aliphatic carbocycles. The maximum atomic E-state index is 11.3. The maximum Gasteiger partial charge on any atom is 0.222 e. The fourth-order valence-electron chi connectivity index (χ4n) is 1.04. The van der Waals surface area contributed by atoms with Crippen LogP contribution in [0.2, 0.25) is 0 Å². The van der Waals surface area contributed by atoms with Crippen LogP contribution in [-0.2, 0) is 16.1 Å². The number of carbonyl (C=O) groups excluding carboxylic acids is 2. The number of amides is 2. The highest BCUT2D eigenvalue weighted by atomic mass is 32.1. The minimum absolute atomic E-state index is 0.0443. The predicted molar refractivity (Wildman–Crippen MR) is 59.5 cm³/mol. The monoisotopic (exact) mass is 226 g/mol. The molecule has 2 N–H and O–H groups in total. The quantitative estimate of drug-likeness (QED) is 0.783. The van der Waals surface area contributed by atoms with Crippen molar-refractivity contribution in [3.63, 3.8) is 0 Å². The number of rotatable bonds is 5. The minimum atomic E-state index is -0.110. The molecule has 1 heterocycles. The zero-order valence-electron chi connectivity index (χ0n) is 8.58. The standard InChI is InChI=1S/C10H14N2O2S/c1-8(13)11-5-4-10(14)12-7-9-3-2-6-15-9/h2-3,6H,4-5,7H2,1H3,(H,11,13)(H,12,14). The Morgan fingerprint density at radius 1 is 1.40 bits per heavy atom. The minimum Gasteiger partial charge on any atom is -0.356 e. The Kier molecular flexibility index (Phi) is 4.83. The van der Waals surface area contributed by atoms with Crippen molar-refractivity contribution in [2.45, 2.75) is 19.9 Å². The fraction of sp³-hybridized carbons (Fsp3) is 0.400. The van der Waals surface area contributed by atoms with Gasteiger partial charge in [0.05, 0.1) is 6.54 Å². The number of carbonyl (C=O) groups is 2. The first kappa shape index (κ1) is 11.7. The van der Waals surface area contributed by atoms with Gasteiger partial charge in [-0.2, -0.15) is 0 Å². The van der Waals surface area contributed by atoms with Crippen molar-refractivity contribution in [1.29, 1.82) is 0 Å². The van der Waals surface area contributed by atoms with Crippen LogP contribution in [0.15, 0.2) is 17.5 Å². The molecule has 15 heavy (non-hydrogen) atoms. The average Bonchev–Trinajstić information content (AvgIpc) is 2.66. The molecule has 0 radical (unpaired) electrons. The number of hydrogen-bond donors (Lipinski definition) is 2. The van der Waals surface area contributed by atoms with Crippen molar-refractivity contribution in [1.82, 2.24) is 10.6 Å². The van der Waals surface area contributed by atoms with Crippen molar-refractivity contribution in [3.8, 4) is 0 Å². The zero-order chi connectivity index (χ0) is 11.1. The average molecular weight is 226 g/mol. The molecule has 5 heteroatoms. The summed E-state index contributed by atoms with van der Waals surface area (Å²) in [7, 11) is 0. The summed E-state index contributed by atoms with van der Waals surface area (Å²) in [6.07, 6.45) is 0.324. The molecule has 82 valence electrons. The van der Waals surface area contributed by atoms with Crippen LogP contribution in [0.3, 0.4) is 0 Å². The Bertz CT molecular complexity index is 322. The Morgan fingerprint density at radius 2 is 2.20 bits per heavy atom. The summed E-state index contributed by atoms with van der Waals surface area (Å²) >= 11 is 1.61. The molecule has 4 nitrogen and oxygen atoms in total. The summed E-state index contributed by atoms with van der Waals surface area (Å²) in [6.45, 7) is 2.39. The van der Waals surface area contributed by atoms with Crippen molar-refractivity contribution in [2.75, 3.05) is 6.54 Å². The van der Waals surface area contributed by atoms with E-state index in [4.69, 9.17) is 0 Å². The van der Waals surface area contributed by atoms with Gasteiger partial charge in [-0.25, -0.2) is 0 Å². The Hall–Kier alpha value is -1.36. The van der Waals surface area contributed by atoms with E-state index < -0.39 is 0 Å². The van der Waals surface area contributed by atoms with Gasteiger partial charge in [0.25, 0.3) is 0 Å². The van der Waals surface area contributed by atoms with Crippen LogP contribution in [0.1, 0.15) is 18.2 Å². The van der Waals surface area contributed by atoms with Crippen molar-refractivity contribution in [3.05, 3.63) is 22.4 Å². The summed E-state index contributed by atoms with van der Waals surface area (Å²) in [4.78, 5) is 22.9. The van der Waals surface area contributed by atoms with Crippen molar-refractivity contribution >= 4 is 23.2 Å². The second-order valence-electron chi connectivity index (χ2n) is 3.09. The van der Waals surface area contributed by atoms with Gasteiger partial charge < -0.3 is 10.6 Å². The van der Waals surface area contributed by atoms with Gasteiger partial charge >= 0.3 is 0 Å². The normalized spacial score (nSPS) is 9.67. The second-order valence-corrected chi connectivity index (χ2v) is 4.12. The molecule has 0 saturated heterocycles. The van der Waals surface area contributed by atoms with E-state index in [1.54, 1.807) is 11.3 Å². The Balaban J connectivity index is 2.11. The third-order valence-electron chi connectivity index (χ3n) is 1.77. The molecule has 1 aromatic heterocycles. The molecule has 1 rings (SSSR count). The van der Waals surface area contributed by atoms with Gasteiger partial charge in [0.1, 0.15) is 0 Å². The van der Waals surface area contributed by atoms with E-state index in [1.165, 1.54) is 6.92 Å². The van der Waals surface area contributed by atoms with E-state index >= 15 is 0 Å². The maximum absolute atomic E-state index is 11.3. The SMILES string of the molecule is CC(=O)NCCC(=O)NCc1cccs1. The highest BCUT2D eigenvalue weighted by molar-refractivity contribution is 7.09. The molecular formula is C10H14N2O2S. The van der Waals surface area contributed by atoms with E-state index in [9.17, 15) is 9.59 Å². The lowest BCUT2D eigenvalue weighted by atomic mass is 10.3. The Labute approximate surface area is 92.7 Å². The first-order valence-corrected chi connectivity index (χ1v) is 5.60. The molecule has 1 aromatic rings. The summed E-state index contributed by atoms with van der Waals surface area (Å²) < 4.78 is 0. The molecule has 0 saturated carbocycles. The van der Waals surface area contributed by atoms with Crippen LogP contribution in [0.25, 0.3) is 0 Å². The first-order valence-electron chi connectivity index (χ1n) is 4.72. The molecular weight excluding hydrogens is 212 g/mol. The molecule has 0 aliphatic heterocycles. The van der Waals surface area contributed by atoms with Crippen LogP contribution in [-0.4, -0.2) is 18.4 Å². The van der Waals surface area contributed by atoms with Crippen molar-refractivity contribution in [2.24, 2.45) is 0 Å². The molecule has 2 amide bonds. The summed E-state index contributed by atoms with van der Waals surface area (Å²) in [5, 5.41) is 7.32. The summed E-state index contributed by atoms with van der Waals surface area (Å²) in [6, 6.07) is 3.92. The molecule has 0 fully saturated rings. The second kappa shape index (κ2) is 6.19. The number of thiophene rings is 1. The largest absolute Gasteiger partial charge is 0.356 e. The van der Waals surface area contributed by atoms with E-state index in [0.717, 1.165) is 4.88 Å². The molecule has 0 unspecified atom stereocenters. The lowest BCUT2D eigenvalue weighted by Crippen LogP contribution is -2.28. The van der Waals surface area contributed by atoms with E-state index in [1.807, 2.05) is 17.5 Å². The lowest BCUT2D eigenvalue weighted by Gasteiger charge is -2.03. The van der Waals surface area contributed by atoms with Gasteiger partial charge in [0.2, 0.25) is 11.8 Å². The van der Waals surface area contributed by atoms with Gasteiger partial charge in [0.15, 0.2) is 0 Å². The molecule has 0 aromatic carbocycles. The smallest absolute Gasteiger partial charge is 0.222 e. The van der Waals surface area contributed by atoms with E-state index in [2.05, 4.69) is 10.6 Å². The zero-order valence-corrected chi connectivity index (χ0v) is 9.39. The molecule has 0 aliphatic rings. The highest BCUT2D eigenvalue weighted by Gasteiger charge is 2.01. The summed E-state index contributed by atoms with van der Waals surface area (Å²) in [5.74, 6) is -0.154. The fourth-order valence-corrected chi connectivity index (χ4v) is 1.68. The van der Waals surface area contributed by atoms with Gasteiger partial charge in [-0.3, -0.25) is 9.59 Å². The van der Waals surface area contributed by atoms with E-state index in [-0.39, 0.29) is 11.8 Å². The highest BCUT2D eigenvalue weighted by Crippen LogP contribution is 2.07. The first-order chi connectivity index (χ1) is 7.18. The third kappa shape index (κ3) is 5.17.